The average molecular weight is 367 g/mol. The highest BCUT2D eigenvalue weighted by atomic mass is 35.5. The maximum atomic E-state index is 12.6. The van der Waals surface area contributed by atoms with Crippen molar-refractivity contribution in [2.45, 2.75) is 24.3 Å². The summed E-state index contributed by atoms with van der Waals surface area (Å²) in [5.41, 5.74) is 2.09. The fourth-order valence-corrected chi connectivity index (χ4v) is 4.22. The van der Waals surface area contributed by atoms with E-state index in [0.717, 1.165) is 24.1 Å². The van der Waals surface area contributed by atoms with Gasteiger partial charge in [-0.25, -0.2) is 13.1 Å². The number of nitrogens with one attached hydrogen (secondary N) is 2. The van der Waals surface area contributed by atoms with Crippen molar-refractivity contribution >= 4 is 22.4 Å². The van der Waals surface area contributed by atoms with Crippen LogP contribution in [0.15, 0.2) is 59.5 Å². The molecule has 0 amide bonds. The summed E-state index contributed by atoms with van der Waals surface area (Å²) in [6.45, 7) is 3.72. The average Bonchev–Trinajstić information content (AvgIpc) is 2.58. The number of rotatable bonds is 4. The van der Waals surface area contributed by atoms with Gasteiger partial charge in [0.05, 0.1) is 4.90 Å². The highest BCUT2D eigenvalue weighted by Gasteiger charge is 2.26. The second-order valence-electron chi connectivity index (χ2n) is 6.09. The maximum absolute atomic E-state index is 12.6. The van der Waals surface area contributed by atoms with Crippen molar-refractivity contribution in [3.05, 3.63) is 54.6 Å². The molecular weight excluding hydrogens is 344 g/mol. The van der Waals surface area contributed by atoms with Gasteiger partial charge in [0, 0.05) is 12.6 Å². The van der Waals surface area contributed by atoms with Crippen LogP contribution in [0.4, 0.5) is 0 Å². The SMILES string of the molecule is CC1CCNCC1NS(=O)(=O)c1ccc(-c2ccccc2)cc1.Cl. The highest BCUT2D eigenvalue weighted by molar-refractivity contribution is 7.89. The predicted molar refractivity (Wildman–Crippen MR) is 99.9 cm³/mol. The van der Waals surface area contributed by atoms with Crippen molar-refractivity contribution in [2.24, 2.45) is 5.92 Å². The Bertz CT molecular complexity index is 748. The van der Waals surface area contributed by atoms with Crippen LogP contribution in [0, 0.1) is 5.92 Å². The molecular formula is C18H23ClN2O2S. The Labute approximate surface area is 150 Å². The molecule has 0 saturated carbocycles. The Balaban J connectivity index is 0.00000208. The maximum Gasteiger partial charge on any atom is 0.240 e. The smallest absolute Gasteiger partial charge is 0.240 e. The fraction of sp³-hybridized carbons (Fsp3) is 0.333. The van der Waals surface area contributed by atoms with Crippen LogP contribution in [-0.4, -0.2) is 27.5 Å². The lowest BCUT2D eigenvalue weighted by molar-refractivity contribution is 0.327. The summed E-state index contributed by atoms with van der Waals surface area (Å²) in [6.07, 6.45) is 0.986. The molecule has 2 N–H and O–H groups in total. The molecule has 3 rings (SSSR count). The molecule has 1 heterocycles. The summed E-state index contributed by atoms with van der Waals surface area (Å²) in [5.74, 6) is 0.342. The molecule has 0 spiro atoms. The van der Waals surface area contributed by atoms with Gasteiger partial charge >= 0.3 is 0 Å². The molecule has 4 nitrogen and oxygen atoms in total. The molecule has 2 unspecified atom stereocenters. The van der Waals surface area contributed by atoms with E-state index in [1.54, 1.807) is 12.1 Å². The van der Waals surface area contributed by atoms with Crippen LogP contribution >= 0.6 is 12.4 Å². The monoisotopic (exact) mass is 366 g/mol. The van der Waals surface area contributed by atoms with Crippen LogP contribution in [-0.2, 0) is 10.0 Å². The normalized spacial score (nSPS) is 21.0. The van der Waals surface area contributed by atoms with E-state index < -0.39 is 10.0 Å². The van der Waals surface area contributed by atoms with Crippen LogP contribution in [0.25, 0.3) is 11.1 Å². The van der Waals surface area contributed by atoms with Gasteiger partial charge in [-0.2, -0.15) is 0 Å². The Kier molecular flexibility index (Phi) is 6.40. The fourth-order valence-electron chi connectivity index (χ4n) is 2.87. The molecule has 0 aliphatic carbocycles. The van der Waals surface area contributed by atoms with Gasteiger partial charge in [0.1, 0.15) is 0 Å². The summed E-state index contributed by atoms with van der Waals surface area (Å²) in [5, 5.41) is 3.24. The summed E-state index contributed by atoms with van der Waals surface area (Å²) >= 11 is 0. The summed E-state index contributed by atoms with van der Waals surface area (Å²) in [7, 11) is -3.48. The second kappa shape index (κ2) is 8.12. The third-order valence-electron chi connectivity index (χ3n) is 4.41. The van der Waals surface area contributed by atoms with Gasteiger partial charge in [-0.1, -0.05) is 49.4 Å². The first kappa shape index (κ1) is 18.9. The molecule has 0 radical (unpaired) electrons. The van der Waals surface area contributed by atoms with E-state index >= 15 is 0 Å². The van der Waals surface area contributed by atoms with E-state index in [0.29, 0.717) is 17.4 Å². The first-order chi connectivity index (χ1) is 11.1. The van der Waals surface area contributed by atoms with E-state index in [1.807, 2.05) is 42.5 Å². The molecule has 2 aromatic rings. The second-order valence-corrected chi connectivity index (χ2v) is 7.80. The molecule has 2 atom stereocenters. The number of hydrogen-bond donors (Lipinski definition) is 2. The van der Waals surface area contributed by atoms with E-state index in [-0.39, 0.29) is 18.4 Å². The zero-order valence-corrected chi connectivity index (χ0v) is 15.2. The third kappa shape index (κ3) is 4.36. The Morgan fingerprint density at radius 3 is 2.25 bits per heavy atom. The largest absolute Gasteiger partial charge is 0.315 e. The summed E-state index contributed by atoms with van der Waals surface area (Å²) in [4.78, 5) is 0.315. The molecule has 1 fully saturated rings. The number of hydrogen-bond acceptors (Lipinski definition) is 3. The molecule has 24 heavy (non-hydrogen) atoms. The first-order valence-electron chi connectivity index (χ1n) is 7.95. The topological polar surface area (TPSA) is 58.2 Å². The van der Waals surface area contributed by atoms with Crippen molar-refractivity contribution in [3.8, 4) is 11.1 Å². The molecule has 0 bridgehead atoms. The van der Waals surface area contributed by atoms with Gasteiger partial charge in [-0.05, 0) is 42.1 Å². The van der Waals surface area contributed by atoms with Crippen molar-refractivity contribution in [3.63, 3.8) is 0 Å². The van der Waals surface area contributed by atoms with Crippen molar-refractivity contribution < 1.29 is 8.42 Å². The zero-order valence-electron chi connectivity index (χ0n) is 13.6. The predicted octanol–water partition coefficient (Wildman–Crippen LogP) is 3.05. The van der Waals surface area contributed by atoms with Crippen LogP contribution in [0.1, 0.15) is 13.3 Å². The van der Waals surface area contributed by atoms with Crippen molar-refractivity contribution in [1.29, 1.82) is 0 Å². The van der Waals surface area contributed by atoms with E-state index in [1.165, 1.54) is 0 Å². The number of halogens is 1. The minimum atomic E-state index is -3.48. The quantitative estimate of drug-likeness (QED) is 0.874. The molecule has 0 aromatic heterocycles. The van der Waals surface area contributed by atoms with Gasteiger partial charge in [0.2, 0.25) is 10.0 Å². The molecule has 6 heteroatoms. The molecule has 1 aliphatic heterocycles. The summed E-state index contributed by atoms with van der Waals surface area (Å²) < 4.78 is 27.9. The summed E-state index contributed by atoms with van der Waals surface area (Å²) in [6, 6.07) is 16.9. The lowest BCUT2D eigenvalue weighted by atomic mass is 9.96. The van der Waals surface area contributed by atoms with Crippen LogP contribution in [0.2, 0.25) is 0 Å². The Hall–Kier alpha value is -1.40. The van der Waals surface area contributed by atoms with Crippen LogP contribution in [0.5, 0.6) is 0 Å². The van der Waals surface area contributed by atoms with Gasteiger partial charge in [-0.15, -0.1) is 12.4 Å². The highest BCUT2D eigenvalue weighted by Crippen LogP contribution is 2.22. The minimum Gasteiger partial charge on any atom is -0.315 e. The third-order valence-corrected chi connectivity index (χ3v) is 5.91. The standard InChI is InChI=1S/C18H22N2O2S.ClH/c1-14-11-12-19-13-18(14)20-23(21,22)17-9-7-16(8-10-17)15-5-3-2-4-6-15;/h2-10,14,18-20H,11-13H2,1H3;1H. The molecule has 2 aromatic carbocycles. The van der Waals surface area contributed by atoms with Crippen LogP contribution in [0.3, 0.4) is 0 Å². The number of benzene rings is 2. The molecule has 1 aliphatic rings. The number of sulfonamides is 1. The molecule has 130 valence electrons. The van der Waals surface area contributed by atoms with E-state index in [2.05, 4.69) is 17.0 Å². The van der Waals surface area contributed by atoms with Gasteiger partial charge in [0.15, 0.2) is 0 Å². The number of piperidine rings is 1. The first-order valence-corrected chi connectivity index (χ1v) is 9.43. The van der Waals surface area contributed by atoms with Crippen LogP contribution < -0.4 is 10.0 Å². The Morgan fingerprint density at radius 1 is 1.00 bits per heavy atom. The van der Waals surface area contributed by atoms with E-state index in [9.17, 15) is 8.42 Å². The minimum absolute atomic E-state index is 0. The van der Waals surface area contributed by atoms with E-state index in [4.69, 9.17) is 0 Å². The Morgan fingerprint density at radius 2 is 1.62 bits per heavy atom. The van der Waals surface area contributed by atoms with Gasteiger partial charge in [-0.3, -0.25) is 0 Å². The molecule has 1 saturated heterocycles. The van der Waals surface area contributed by atoms with Crippen molar-refractivity contribution in [2.75, 3.05) is 13.1 Å². The van der Waals surface area contributed by atoms with Crippen molar-refractivity contribution in [1.82, 2.24) is 10.0 Å². The zero-order chi connectivity index (χ0) is 16.3. The van der Waals surface area contributed by atoms with Gasteiger partial charge < -0.3 is 5.32 Å². The van der Waals surface area contributed by atoms with Gasteiger partial charge in [0.25, 0.3) is 0 Å². The lowest BCUT2D eigenvalue weighted by Gasteiger charge is -2.29. The lowest BCUT2D eigenvalue weighted by Crippen LogP contribution is -2.50.